The molecule has 0 bridgehead atoms. The predicted molar refractivity (Wildman–Crippen MR) is 67.2 cm³/mol. The Hall–Kier alpha value is -1.10. The fourth-order valence-electron chi connectivity index (χ4n) is 2.52. The lowest BCUT2D eigenvalue weighted by Gasteiger charge is -2.29. The van der Waals surface area contributed by atoms with Crippen molar-refractivity contribution in [1.29, 1.82) is 0 Å². The standard InChI is InChI=1S/C13H23NO4/c1-9(8-18-2)7-12(15)14-11-6-4-3-5-10(11)13(16)17/h9-11H,3-8H2,1-2H3,(H,14,15)(H,16,17). The normalized spacial score (nSPS) is 25.4. The van der Waals surface area contributed by atoms with Crippen molar-refractivity contribution in [3.63, 3.8) is 0 Å². The van der Waals surface area contributed by atoms with Crippen molar-refractivity contribution < 1.29 is 19.4 Å². The van der Waals surface area contributed by atoms with Crippen LogP contribution in [0.4, 0.5) is 0 Å². The molecule has 0 aliphatic heterocycles. The fraction of sp³-hybridized carbons (Fsp3) is 0.846. The maximum atomic E-state index is 11.8. The highest BCUT2D eigenvalue weighted by molar-refractivity contribution is 5.78. The van der Waals surface area contributed by atoms with Gasteiger partial charge in [0.15, 0.2) is 0 Å². The number of ether oxygens (including phenoxy) is 1. The SMILES string of the molecule is COCC(C)CC(=O)NC1CCCCC1C(=O)O. The molecule has 0 heterocycles. The van der Waals surface area contributed by atoms with Gasteiger partial charge in [0, 0.05) is 26.2 Å². The number of hydrogen-bond acceptors (Lipinski definition) is 3. The van der Waals surface area contributed by atoms with Crippen LogP contribution in [-0.4, -0.2) is 36.7 Å². The van der Waals surface area contributed by atoms with E-state index in [9.17, 15) is 9.59 Å². The molecule has 0 aromatic carbocycles. The highest BCUT2D eigenvalue weighted by Gasteiger charge is 2.31. The van der Waals surface area contributed by atoms with Crippen LogP contribution >= 0.6 is 0 Å². The number of carboxylic acids is 1. The molecule has 1 rings (SSSR count). The number of carboxylic acid groups (broad SMARTS) is 1. The van der Waals surface area contributed by atoms with Crippen LogP contribution in [-0.2, 0) is 14.3 Å². The predicted octanol–water partition coefficient (Wildman–Crippen LogP) is 1.42. The van der Waals surface area contributed by atoms with Crippen molar-refractivity contribution in [2.75, 3.05) is 13.7 Å². The molecule has 1 amide bonds. The lowest BCUT2D eigenvalue weighted by molar-refractivity contribution is -0.144. The Morgan fingerprint density at radius 1 is 1.39 bits per heavy atom. The van der Waals surface area contributed by atoms with Crippen LogP contribution in [0.15, 0.2) is 0 Å². The van der Waals surface area contributed by atoms with Crippen molar-refractivity contribution in [2.45, 2.75) is 45.1 Å². The Kier molecular flexibility index (Phi) is 6.12. The second kappa shape index (κ2) is 7.36. The highest BCUT2D eigenvalue weighted by Crippen LogP contribution is 2.24. The quantitative estimate of drug-likeness (QED) is 0.754. The molecular weight excluding hydrogens is 234 g/mol. The molecule has 5 nitrogen and oxygen atoms in total. The van der Waals surface area contributed by atoms with E-state index in [0.717, 1.165) is 19.3 Å². The first kappa shape index (κ1) is 15.0. The summed E-state index contributed by atoms with van der Waals surface area (Å²) in [5.74, 6) is -1.15. The molecule has 1 aliphatic carbocycles. The lowest BCUT2D eigenvalue weighted by atomic mass is 9.84. The lowest BCUT2D eigenvalue weighted by Crippen LogP contribution is -2.45. The van der Waals surface area contributed by atoms with Crippen LogP contribution < -0.4 is 5.32 Å². The summed E-state index contributed by atoms with van der Waals surface area (Å²) >= 11 is 0. The van der Waals surface area contributed by atoms with Crippen LogP contribution in [0.5, 0.6) is 0 Å². The Morgan fingerprint density at radius 3 is 2.67 bits per heavy atom. The van der Waals surface area contributed by atoms with Crippen molar-refractivity contribution in [1.82, 2.24) is 5.32 Å². The van der Waals surface area contributed by atoms with E-state index < -0.39 is 11.9 Å². The molecular formula is C13H23NO4. The second-order valence-corrected chi connectivity index (χ2v) is 5.17. The zero-order chi connectivity index (χ0) is 13.5. The summed E-state index contributed by atoms with van der Waals surface area (Å²) in [6.45, 7) is 2.49. The number of rotatable bonds is 6. The summed E-state index contributed by atoms with van der Waals surface area (Å²) in [5, 5.41) is 12.0. The first-order valence-electron chi connectivity index (χ1n) is 6.55. The Morgan fingerprint density at radius 2 is 2.06 bits per heavy atom. The average molecular weight is 257 g/mol. The van der Waals surface area contributed by atoms with Gasteiger partial charge in [-0.1, -0.05) is 19.8 Å². The molecule has 18 heavy (non-hydrogen) atoms. The second-order valence-electron chi connectivity index (χ2n) is 5.17. The van der Waals surface area contributed by atoms with Gasteiger partial charge in [0.1, 0.15) is 0 Å². The zero-order valence-corrected chi connectivity index (χ0v) is 11.1. The molecule has 1 saturated carbocycles. The van der Waals surface area contributed by atoms with Gasteiger partial charge in [-0.05, 0) is 18.8 Å². The van der Waals surface area contributed by atoms with Gasteiger partial charge in [-0.3, -0.25) is 9.59 Å². The topological polar surface area (TPSA) is 75.6 Å². The van der Waals surface area contributed by atoms with Crippen LogP contribution in [0.25, 0.3) is 0 Å². The Balaban J connectivity index is 2.43. The molecule has 3 atom stereocenters. The Bertz CT molecular complexity index is 293. The van der Waals surface area contributed by atoms with E-state index in [4.69, 9.17) is 9.84 Å². The van der Waals surface area contributed by atoms with Crippen molar-refractivity contribution in [3.05, 3.63) is 0 Å². The minimum atomic E-state index is -0.801. The molecule has 2 N–H and O–H groups in total. The third kappa shape index (κ3) is 4.64. The first-order valence-corrected chi connectivity index (χ1v) is 6.55. The summed E-state index contributed by atoms with van der Waals surface area (Å²) in [6.07, 6.45) is 3.73. The maximum absolute atomic E-state index is 11.8. The van der Waals surface area contributed by atoms with Gasteiger partial charge in [-0.15, -0.1) is 0 Å². The van der Waals surface area contributed by atoms with E-state index >= 15 is 0 Å². The van der Waals surface area contributed by atoms with Crippen molar-refractivity contribution in [3.8, 4) is 0 Å². The minimum Gasteiger partial charge on any atom is -0.481 e. The van der Waals surface area contributed by atoms with Crippen LogP contribution in [0.1, 0.15) is 39.0 Å². The zero-order valence-electron chi connectivity index (χ0n) is 11.1. The van der Waals surface area contributed by atoms with Gasteiger partial charge < -0.3 is 15.2 Å². The molecule has 1 fully saturated rings. The first-order chi connectivity index (χ1) is 8.54. The van der Waals surface area contributed by atoms with Gasteiger partial charge >= 0.3 is 5.97 Å². The largest absolute Gasteiger partial charge is 0.481 e. The summed E-state index contributed by atoms with van der Waals surface area (Å²) in [6, 6.07) is -0.210. The highest BCUT2D eigenvalue weighted by atomic mass is 16.5. The van der Waals surface area contributed by atoms with E-state index in [0.29, 0.717) is 19.4 Å². The van der Waals surface area contributed by atoms with Gasteiger partial charge in [-0.2, -0.15) is 0 Å². The molecule has 104 valence electrons. The number of nitrogens with one attached hydrogen (secondary N) is 1. The van der Waals surface area contributed by atoms with E-state index in [2.05, 4.69) is 5.32 Å². The maximum Gasteiger partial charge on any atom is 0.308 e. The third-order valence-electron chi connectivity index (χ3n) is 3.41. The number of amides is 1. The van der Waals surface area contributed by atoms with Crippen molar-refractivity contribution in [2.24, 2.45) is 11.8 Å². The van der Waals surface area contributed by atoms with E-state index in [1.165, 1.54) is 0 Å². The molecule has 0 aromatic heterocycles. The van der Waals surface area contributed by atoms with E-state index in [1.54, 1.807) is 7.11 Å². The molecule has 0 spiro atoms. The molecule has 3 unspecified atom stereocenters. The van der Waals surface area contributed by atoms with Crippen LogP contribution in [0, 0.1) is 11.8 Å². The molecule has 0 radical (unpaired) electrons. The number of carbonyl (C=O) groups is 2. The third-order valence-corrected chi connectivity index (χ3v) is 3.41. The van der Waals surface area contributed by atoms with E-state index in [1.807, 2.05) is 6.92 Å². The number of methoxy groups -OCH3 is 1. The summed E-state index contributed by atoms with van der Waals surface area (Å²) < 4.78 is 4.98. The summed E-state index contributed by atoms with van der Waals surface area (Å²) in [7, 11) is 1.61. The molecule has 5 heteroatoms. The van der Waals surface area contributed by atoms with Gasteiger partial charge in [0.2, 0.25) is 5.91 Å². The molecule has 0 saturated heterocycles. The summed E-state index contributed by atoms with van der Waals surface area (Å²) in [4.78, 5) is 22.9. The fourth-order valence-corrected chi connectivity index (χ4v) is 2.52. The minimum absolute atomic E-state index is 0.0716. The monoisotopic (exact) mass is 257 g/mol. The van der Waals surface area contributed by atoms with Gasteiger partial charge in [0.25, 0.3) is 0 Å². The van der Waals surface area contributed by atoms with E-state index in [-0.39, 0.29) is 17.9 Å². The Labute approximate surface area is 108 Å². The number of carbonyl (C=O) groups excluding carboxylic acids is 1. The molecule has 1 aliphatic rings. The number of hydrogen-bond donors (Lipinski definition) is 2. The number of aliphatic carboxylic acids is 1. The van der Waals surface area contributed by atoms with Gasteiger partial charge in [0.05, 0.1) is 5.92 Å². The smallest absolute Gasteiger partial charge is 0.308 e. The summed E-state index contributed by atoms with van der Waals surface area (Å²) in [5.41, 5.74) is 0. The van der Waals surface area contributed by atoms with Crippen LogP contribution in [0.2, 0.25) is 0 Å². The van der Waals surface area contributed by atoms with Gasteiger partial charge in [-0.25, -0.2) is 0 Å². The molecule has 0 aromatic rings. The average Bonchev–Trinajstić information content (AvgIpc) is 2.29. The van der Waals surface area contributed by atoms with Crippen molar-refractivity contribution >= 4 is 11.9 Å². The van der Waals surface area contributed by atoms with Crippen LogP contribution in [0.3, 0.4) is 0 Å².